The number of aromatic nitrogens is 2. The van der Waals surface area contributed by atoms with E-state index in [9.17, 15) is 22.6 Å². The van der Waals surface area contributed by atoms with Crippen LogP contribution in [0.4, 0.5) is 5.82 Å². The molecule has 0 aliphatic rings. The van der Waals surface area contributed by atoms with Gasteiger partial charge in [-0.1, -0.05) is 72.3 Å². The van der Waals surface area contributed by atoms with Gasteiger partial charge in [0.05, 0.1) is 34.3 Å². The van der Waals surface area contributed by atoms with Gasteiger partial charge in [0, 0.05) is 42.4 Å². The highest BCUT2D eigenvalue weighted by atomic mass is 35.5. The Morgan fingerprint density at radius 1 is 0.907 bits per heavy atom. The van der Waals surface area contributed by atoms with Gasteiger partial charge in [-0.15, -0.1) is 16.9 Å². The van der Waals surface area contributed by atoms with Gasteiger partial charge >= 0.3 is 0 Å². The molecule has 2 aromatic heterocycles. The van der Waals surface area contributed by atoms with E-state index < -0.39 is 10.1 Å². The number of amides is 2. The molecule has 2 heterocycles. The maximum atomic E-state index is 12.7. The maximum Gasteiger partial charge on any atom is 0.294 e. The van der Waals surface area contributed by atoms with Crippen molar-refractivity contribution in [3.8, 4) is 5.75 Å². The third-order valence-corrected chi connectivity index (χ3v) is 10.2. The molecule has 0 saturated heterocycles. The summed E-state index contributed by atoms with van der Waals surface area (Å²) < 4.78 is 38.5. The number of hydrogen-bond acceptors (Lipinski definition) is 10. The van der Waals surface area contributed by atoms with Crippen molar-refractivity contribution in [2.75, 3.05) is 19.7 Å². The van der Waals surface area contributed by atoms with E-state index in [0.29, 0.717) is 53.9 Å². The van der Waals surface area contributed by atoms with Crippen molar-refractivity contribution in [3.63, 3.8) is 0 Å². The van der Waals surface area contributed by atoms with E-state index in [1.807, 2.05) is 66.7 Å². The van der Waals surface area contributed by atoms with Crippen LogP contribution in [0.2, 0.25) is 5.02 Å². The highest BCUT2D eigenvalue weighted by Crippen LogP contribution is 2.30. The molecule has 2 amide bonds. The van der Waals surface area contributed by atoms with E-state index in [1.54, 1.807) is 23.9 Å². The monoisotopic (exact) mass is 784 g/mol. The Bertz CT molecular complexity index is 2200. The van der Waals surface area contributed by atoms with Crippen LogP contribution in [-0.2, 0) is 33.6 Å². The summed E-state index contributed by atoms with van der Waals surface area (Å²) in [5.74, 6) is 0.698. The summed E-state index contributed by atoms with van der Waals surface area (Å²) in [4.78, 5) is 34.9. The van der Waals surface area contributed by atoms with Gasteiger partial charge in [0.15, 0.2) is 5.82 Å². The molecule has 3 N–H and O–H groups in total. The lowest BCUT2D eigenvalue weighted by Gasteiger charge is -2.11. The van der Waals surface area contributed by atoms with E-state index in [-0.39, 0.29) is 34.6 Å². The van der Waals surface area contributed by atoms with Crippen molar-refractivity contribution in [2.24, 2.45) is 10.2 Å². The van der Waals surface area contributed by atoms with Crippen LogP contribution in [0.5, 0.6) is 5.75 Å². The van der Waals surface area contributed by atoms with Gasteiger partial charge in [-0.3, -0.25) is 14.1 Å². The van der Waals surface area contributed by atoms with Gasteiger partial charge in [0.25, 0.3) is 16.0 Å². The van der Waals surface area contributed by atoms with Crippen LogP contribution in [0.1, 0.15) is 39.3 Å². The largest absolute Gasteiger partial charge is 0.491 e. The lowest BCUT2D eigenvalue weighted by atomic mass is 10.2. The zero-order valence-electron chi connectivity index (χ0n) is 29.0. The minimum absolute atomic E-state index is 0.0918. The molecular weight excluding hydrogens is 748 g/mol. The van der Waals surface area contributed by atoms with Gasteiger partial charge in [-0.05, 0) is 66.1 Å². The predicted molar refractivity (Wildman–Crippen MR) is 209 cm³/mol. The number of azo groups is 1. The number of carbonyl (C=O) groups excluding carboxylic acids is 2. The quantitative estimate of drug-likeness (QED) is 0.0267. The molecule has 3 aromatic carbocycles. The summed E-state index contributed by atoms with van der Waals surface area (Å²) in [6.45, 7) is 0.986. The van der Waals surface area contributed by atoms with Crippen LogP contribution in [0.3, 0.4) is 0 Å². The molecule has 5 aromatic rings. The second-order valence-corrected chi connectivity index (χ2v) is 14.4. The molecule has 0 bridgehead atoms. The highest BCUT2D eigenvalue weighted by Gasteiger charge is 2.14. The van der Waals surface area contributed by atoms with Crippen molar-refractivity contribution < 1.29 is 27.3 Å². The van der Waals surface area contributed by atoms with Gasteiger partial charge < -0.3 is 15.4 Å². The van der Waals surface area contributed by atoms with Gasteiger partial charge in [0.1, 0.15) is 11.4 Å². The minimum Gasteiger partial charge on any atom is -0.491 e. The average Bonchev–Trinajstić information content (AvgIpc) is 3.17. The van der Waals surface area contributed by atoms with Crippen molar-refractivity contribution in [1.29, 1.82) is 0 Å². The lowest BCUT2D eigenvalue weighted by molar-refractivity contribution is -0.116. The maximum absolute atomic E-state index is 12.7. The molecular formula is C39H37ClN6O6S2. The van der Waals surface area contributed by atoms with E-state index in [0.717, 1.165) is 22.6 Å². The SMILES string of the molecule is O=C(C=Cc1nc(CSc2ccccc2Cl)ccc1OCCc1ccccc1)NCCCNC(=O)c1ccc(N=NCc2ccccc2S(=O)(=O)O)nc1. The van der Waals surface area contributed by atoms with E-state index in [1.165, 1.54) is 42.6 Å². The summed E-state index contributed by atoms with van der Waals surface area (Å²) >= 11 is 7.90. The third-order valence-electron chi connectivity index (χ3n) is 7.65. The standard InChI is InChI=1S/C39H37ClN6O6S2/c40-32-12-5-6-13-35(32)53-27-31-16-18-34(52-24-21-28-9-2-1-3-10-28)33(45-31)17-20-38(47)41-22-8-23-42-39(48)30-15-19-37(43-25-30)46-44-26-29-11-4-7-14-36(29)54(49,50)51/h1-7,9-20,25H,8,21-24,26-27H2,(H,41,47)(H,42,48)(H,49,50,51). The lowest BCUT2D eigenvalue weighted by Crippen LogP contribution is -2.29. The summed E-state index contributed by atoms with van der Waals surface area (Å²) in [7, 11) is -4.39. The molecule has 12 nitrogen and oxygen atoms in total. The third kappa shape index (κ3) is 12.6. The van der Waals surface area contributed by atoms with E-state index >= 15 is 0 Å². The number of ether oxygens (including phenoxy) is 1. The number of pyridine rings is 2. The van der Waals surface area contributed by atoms with Crippen LogP contribution >= 0.6 is 23.4 Å². The average molecular weight is 785 g/mol. The predicted octanol–water partition coefficient (Wildman–Crippen LogP) is 7.52. The van der Waals surface area contributed by atoms with Crippen molar-refractivity contribution >= 4 is 57.2 Å². The van der Waals surface area contributed by atoms with Gasteiger partial charge in [-0.25, -0.2) is 9.97 Å². The van der Waals surface area contributed by atoms with Crippen LogP contribution in [0.25, 0.3) is 6.08 Å². The Hall–Kier alpha value is -5.41. The second kappa shape index (κ2) is 20.2. The number of hydrogen-bond donors (Lipinski definition) is 3. The van der Waals surface area contributed by atoms with E-state index in [4.69, 9.17) is 21.3 Å². The minimum atomic E-state index is -4.39. The Morgan fingerprint density at radius 3 is 2.44 bits per heavy atom. The highest BCUT2D eigenvalue weighted by molar-refractivity contribution is 7.98. The molecule has 0 aliphatic carbocycles. The van der Waals surface area contributed by atoms with Crippen LogP contribution in [-0.4, -0.2) is 54.4 Å². The molecule has 0 atom stereocenters. The first-order chi connectivity index (χ1) is 26.2. The first-order valence-corrected chi connectivity index (χ1v) is 19.6. The number of thioether (sulfide) groups is 1. The number of benzene rings is 3. The fourth-order valence-electron chi connectivity index (χ4n) is 4.93. The van der Waals surface area contributed by atoms with Crippen LogP contribution < -0.4 is 15.4 Å². The fourth-order valence-corrected chi connectivity index (χ4v) is 6.79. The summed E-state index contributed by atoms with van der Waals surface area (Å²) in [5.41, 5.74) is 3.08. The molecule has 278 valence electrons. The molecule has 54 heavy (non-hydrogen) atoms. The second-order valence-electron chi connectivity index (χ2n) is 11.6. The Morgan fingerprint density at radius 2 is 1.67 bits per heavy atom. The normalized spacial score (nSPS) is 11.5. The van der Waals surface area contributed by atoms with Gasteiger partial charge in [0.2, 0.25) is 5.91 Å². The number of rotatable bonds is 18. The molecule has 5 rings (SSSR count). The first-order valence-electron chi connectivity index (χ1n) is 16.8. The Balaban J connectivity index is 1.08. The van der Waals surface area contributed by atoms with Crippen LogP contribution in [0.15, 0.2) is 135 Å². The Labute approximate surface area is 322 Å². The smallest absolute Gasteiger partial charge is 0.294 e. The first kappa shape index (κ1) is 39.8. The molecule has 0 aliphatic heterocycles. The fraction of sp³-hybridized carbons (Fsp3) is 0.179. The summed E-state index contributed by atoms with van der Waals surface area (Å²) in [6, 6.07) is 30.4. The number of nitrogens with one attached hydrogen (secondary N) is 2. The topological polar surface area (TPSA) is 172 Å². The van der Waals surface area contributed by atoms with Crippen molar-refractivity contribution in [3.05, 3.63) is 149 Å². The molecule has 0 spiro atoms. The summed E-state index contributed by atoms with van der Waals surface area (Å²) in [5, 5.41) is 14.2. The molecule has 0 fully saturated rings. The molecule has 0 saturated carbocycles. The van der Waals surface area contributed by atoms with Crippen molar-refractivity contribution in [2.45, 2.75) is 34.9 Å². The number of nitrogens with zero attached hydrogens (tertiary/aromatic N) is 4. The van der Waals surface area contributed by atoms with E-state index in [2.05, 4.69) is 25.8 Å². The molecule has 0 unspecified atom stereocenters. The van der Waals surface area contributed by atoms with Gasteiger partial charge in [-0.2, -0.15) is 13.5 Å². The molecule has 15 heteroatoms. The summed E-state index contributed by atoms with van der Waals surface area (Å²) in [6.07, 6.45) is 5.59. The Kier molecular flexibility index (Phi) is 14.9. The zero-order valence-corrected chi connectivity index (χ0v) is 31.4. The van der Waals surface area contributed by atoms with Crippen LogP contribution in [0, 0.1) is 0 Å². The number of halogens is 1. The molecule has 0 radical (unpaired) electrons. The zero-order chi connectivity index (χ0) is 38.2. The van der Waals surface area contributed by atoms with Crippen molar-refractivity contribution in [1.82, 2.24) is 20.6 Å². The number of carbonyl (C=O) groups is 2.